The molecule has 3 nitrogen and oxygen atoms in total. The number of hydrogen-bond acceptors (Lipinski definition) is 2. The fourth-order valence-corrected chi connectivity index (χ4v) is 3.13. The molecule has 2 rings (SSSR count). The third kappa shape index (κ3) is 3.22. The number of piperidine rings is 1. The minimum Gasteiger partial charge on any atom is -0.481 e. The smallest absolute Gasteiger partial charge is 0.311 e. The van der Waals surface area contributed by atoms with Crippen LogP contribution in [0.4, 0.5) is 0 Å². The molecule has 0 spiro atoms. The highest BCUT2D eigenvalue weighted by molar-refractivity contribution is 6.31. The average molecular weight is 294 g/mol. The van der Waals surface area contributed by atoms with Crippen molar-refractivity contribution in [3.8, 4) is 0 Å². The first-order valence-electron chi connectivity index (χ1n) is 6.87. The molecule has 0 aromatic heterocycles. The van der Waals surface area contributed by atoms with Gasteiger partial charge in [-0.15, -0.1) is 6.58 Å². The Balaban J connectivity index is 2.12. The van der Waals surface area contributed by atoms with E-state index < -0.39 is 11.4 Å². The highest BCUT2D eigenvalue weighted by Crippen LogP contribution is 2.35. The van der Waals surface area contributed by atoms with Gasteiger partial charge < -0.3 is 5.11 Å². The SMILES string of the molecule is C=CC[C@]1(C(=O)O)CCCN(Cc2ccccc2Cl)C1. The molecule has 4 heteroatoms. The molecular weight excluding hydrogens is 274 g/mol. The van der Waals surface area contributed by atoms with Gasteiger partial charge in [0.15, 0.2) is 0 Å². The monoisotopic (exact) mass is 293 g/mol. The van der Waals surface area contributed by atoms with Crippen molar-refractivity contribution in [2.45, 2.75) is 25.8 Å². The second kappa shape index (κ2) is 6.42. The number of hydrogen-bond donors (Lipinski definition) is 1. The molecule has 108 valence electrons. The number of rotatable bonds is 5. The second-order valence-corrected chi connectivity index (χ2v) is 5.89. The van der Waals surface area contributed by atoms with E-state index in [1.165, 1.54) is 0 Å². The van der Waals surface area contributed by atoms with Gasteiger partial charge in [0.05, 0.1) is 5.41 Å². The van der Waals surface area contributed by atoms with Crippen LogP contribution >= 0.6 is 11.6 Å². The quantitative estimate of drug-likeness (QED) is 0.844. The van der Waals surface area contributed by atoms with E-state index in [-0.39, 0.29) is 0 Å². The molecular formula is C16H20ClNO2. The summed E-state index contributed by atoms with van der Waals surface area (Å²) in [6, 6.07) is 7.72. The maximum Gasteiger partial charge on any atom is 0.311 e. The van der Waals surface area contributed by atoms with Crippen LogP contribution in [-0.4, -0.2) is 29.1 Å². The zero-order chi connectivity index (χ0) is 14.6. The molecule has 1 saturated heterocycles. The summed E-state index contributed by atoms with van der Waals surface area (Å²) >= 11 is 6.18. The van der Waals surface area contributed by atoms with Crippen LogP contribution in [0.2, 0.25) is 5.02 Å². The summed E-state index contributed by atoms with van der Waals surface area (Å²) in [7, 11) is 0. The van der Waals surface area contributed by atoms with Crippen LogP contribution in [0, 0.1) is 5.41 Å². The number of nitrogens with zero attached hydrogens (tertiary/aromatic N) is 1. The Morgan fingerprint density at radius 3 is 2.90 bits per heavy atom. The number of benzene rings is 1. The molecule has 0 saturated carbocycles. The fourth-order valence-electron chi connectivity index (χ4n) is 2.93. The summed E-state index contributed by atoms with van der Waals surface area (Å²) in [5.41, 5.74) is 0.357. The lowest BCUT2D eigenvalue weighted by atomic mass is 9.77. The van der Waals surface area contributed by atoms with E-state index in [4.69, 9.17) is 11.6 Å². The Bertz CT molecular complexity index is 503. The van der Waals surface area contributed by atoms with Crippen LogP contribution in [0.5, 0.6) is 0 Å². The Hall–Kier alpha value is -1.32. The number of carboxylic acids is 1. The van der Waals surface area contributed by atoms with Gasteiger partial charge in [0.2, 0.25) is 0 Å². The van der Waals surface area contributed by atoms with E-state index in [0.717, 1.165) is 23.6 Å². The zero-order valence-corrected chi connectivity index (χ0v) is 12.3. The predicted molar refractivity (Wildman–Crippen MR) is 80.8 cm³/mol. The molecule has 1 N–H and O–H groups in total. The number of aliphatic carboxylic acids is 1. The molecule has 0 unspecified atom stereocenters. The Labute approximate surface area is 124 Å². The van der Waals surface area contributed by atoms with Crippen molar-refractivity contribution >= 4 is 17.6 Å². The van der Waals surface area contributed by atoms with Crippen molar-refractivity contribution in [2.24, 2.45) is 5.41 Å². The Morgan fingerprint density at radius 2 is 2.25 bits per heavy atom. The average Bonchev–Trinajstić information content (AvgIpc) is 2.42. The first-order valence-corrected chi connectivity index (χ1v) is 7.25. The van der Waals surface area contributed by atoms with E-state index in [1.807, 2.05) is 24.3 Å². The fraction of sp³-hybridized carbons (Fsp3) is 0.438. The van der Waals surface area contributed by atoms with Gasteiger partial charge in [-0.1, -0.05) is 35.9 Å². The molecule has 0 radical (unpaired) electrons. The van der Waals surface area contributed by atoms with E-state index in [9.17, 15) is 9.90 Å². The minimum absolute atomic E-state index is 0.515. The first kappa shape index (κ1) is 15.1. The van der Waals surface area contributed by atoms with Gasteiger partial charge in [-0.2, -0.15) is 0 Å². The molecule has 1 fully saturated rings. The lowest BCUT2D eigenvalue weighted by molar-refractivity contribution is -0.152. The van der Waals surface area contributed by atoms with Crippen LogP contribution < -0.4 is 0 Å². The van der Waals surface area contributed by atoms with Crippen molar-refractivity contribution in [1.29, 1.82) is 0 Å². The van der Waals surface area contributed by atoms with Gasteiger partial charge in [-0.05, 0) is 37.4 Å². The standard InChI is InChI=1S/C16H20ClNO2/c1-2-8-16(15(19)20)9-5-10-18(12-16)11-13-6-3-4-7-14(13)17/h2-4,6-7H,1,5,8-12H2,(H,19,20)/t16-/m0/s1. The highest BCUT2D eigenvalue weighted by atomic mass is 35.5. The largest absolute Gasteiger partial charge is 0.481 e. The Morgan fingerprint density at radius 1 is 1.50 bits per heavy atom. The Kier molecular flexibility index (Phi) is 4.84. The predicted octanol–water partition coefficient (Wildman–Crippen LogP) is 3.58. The van der Waals surface area contributed by atoms with Gasteiger partial charge in [-0.3, -0.25) is 9.69 Å². The van der Waals surface area contributed by atoms with Crippen molar-refractivity contribution in [1.82, 2.24) is 4.90 Å². The van der Waals surface area contributed by atoms with Gasteiger partial charge in [0.25, 0.3) is 0 Å². The maximum absolute atomic E-state index is 11.6. The van der Waals surface area contributed by atoms with E-state index in [2.05, 4.69) is 11.5 Å². The molecule has 1 aromatic carbocycles. The summed E-state index contributed by atoms with van der Waals surface area (Å²) in [4.78, 5) is 13.8. The molecule has 0 aliphatic carbocycles. The maximum atomic E-state index is 11.6. The lowest BCUT2D eigenvalue weighted by Crippen LogP contribution is -2.47. The number of likely N-dealkylation sites (tertiary alicyclic amines) is 1. The third-order valence-electron chi connectivity index (χ3n) is 4.00. The number of halogens is 1. The van der Waals surface area contributed by atoms with Crippen molar-refractivity contribution < 1.29 is 9.90 Å². The van der Waals surface area contributed by atoms with Crippen LogP contribution in [0.3, 0.4) is 0 Å². The van der Waals surface area contributed by atoms with Gasteiger partial charge in [-0.25, -0.2) is 0 Å². The first-order chi connectivity index (χ1) is 9.57. The van der Waals surface area contributed by atoms with Gasteiger partial charge >= 0.3 is 5.97 Å². The highest BCUT2D eigenvalue weighted by Gasteiger charge is 2.41. The lowest BCUT2D eigenvalue weighted by Gasteiger charge is -2.39. The molecule has 1 aliphatic rings. The normalized spacial score (nSPS) is 23.4. The summed E-state index contributed by atoms with van der Waals surface area (Å²) in [5.74, 6) is -0.721. The summed E-state index contributed by atoms with van der Waals surface area (Å²) < 4.78 is 0. The van der Waals surface area contributed by atoms with E-state index >= 15 is 0 Å². The van der Waals surface area contributed by atoms with E-state index in [1.54, 1.807) is 6.08 Å². The third-order valence-corrected chi connectivity index (χ3v) is 4.37. The van der Waals surface area contributed by atoms with Crippen LogP contribution in [-0.2, 0) is 11.3 Å². The minimum atomic E-state index is -0.721. The summed E-state index contributed by atoms with van der Waals surface area (Å²) in [6.45, 7) is 5.87. The molecule has 1 atom stereocenters. The molecule has 0 bridgehead atoms. The van der Waals surface area contributed by atoms with Gasteiger partial charge in [0, 0.05) is 18.1 Å². The topological polar surface area (TPSA) is 40.5 Å². The summed E-state index contributed by atoms with van der Waals surface area (Å²) in [5, 5.41) is 10.3. The zero-order valence-electron chi connectivity index (χ0n) is 11.5. The summed E-state index contributed by atoms with van der Waals surface area (Å²) in [6.07, 6.45) is 3.84. The van der Waals surface area contributed by atoms with Crippen LogP contribution in [0.1, 0.15) is 24.8 Å². The molecule has 1 aromatic rings. The van der Waals surface area contributed by atoms with Crippen molar-refractivity contribution in [3.63, 3.8) is 0 Å². The van der Waals surface area contributed by atoms with Gasteiger partial charge in [0.1, 0.15) is 0 Å². The van der Waals surface area contributed by atoms with Crippen molar-refractivity contribution in [3.05, 3.63) is 47.5 Å². The van der Waals surface area contributed by atoms with E-state index in [0.29, 0.717) is 25.9 Å². The molecule has 1 heterocycles. The number of carbonyl (C=O) groups is 1. The van der Waals surface area contributed by atoms with Crippen LogP contribution in [0.15, 0.2) is 36.9 Å². The number of allylic oxidation sites excluding steroid dienone is 1. The molecule has 1 aliphatic heterocycles. The van der Waals surface area contributed by atoms with Crippen molar-refractivity contribution in [2.75, 3.05) is 13.1 Å². The molecule has 20 heavy (non-hydrogen) atoms. The number of carboxylic acid groups (broad SMARTS) is 1. The molecule has 0 amide bonds. The second-order valence-electron chi connectivity index (χ2n) is 5.48. The van der Waals surface area contributed by atoms with Crippen LogP contribution in [0.25, 0.3) is 0 Å².